The van der Waals surface area contributed by atoms with Crippen molar-refractivity contribution in [1.29, 1.82) is 0 Å². The van der Waals surface area contributed by atoms with Gasteiger partial charge in [-0.2, -0.15) is 0 Å². The lowest BCUT2D eigenvalue weighted by atomic mass is 9.90. The molecule has 0 saturated carbocycles. The fourth-order valence-corrected chi connectivity index (χ4v) is 3.18. The van der Waals surface area contributed by atoms with Crippen LogP contribution in [0.2, 0.25) is 0 Å². The van der Waals surface area contributed by atoms with Crippen LogP contribution in [-0.4, -0.2) is 40.8 Å². The molecule has 0 aliphatic carbocycles. The summed E-state index contributed by atoms with van der Waals surface area (Å²) < 4.78 is 5.45. The Hall–Kier alpha value is -1.75. The lowest BCUT2D eigenvalue weighted by Crippen LogP contribution is -2.44. The maximum atomic E-state index is 12.1. The molecular formula is C20H32N2O3. The first-order valence-electron chi connectivity index (χ1n) is 9.18. The highest BCUT2D eigenvalue weighted by Crippen LogP contribution is 2.25. The summed E-state index contributed by atoms with van der Waals surface area (Å²) in [4.78, 5) is 14.0. The Kier molecular flexibility index (Phi) is 6.33. The molecule has 5 nitrogen and oxygen atoms in total. The molecule has 2 unspecified atom stereocenters. The SMILES string of the molecule is CC(O)c1cccc(NC(C)C2CCN(C(=O)OC(C)(C)C)CC2)c1. The third kappa shape index (κ3) is 5.92. The molecule has 1 aliphatic heterocycles. The van der Waals surface area contributed by atoms with E-state index in [2.05, 4.69) is 12.2 Å². The van der Waals surface area contributed by atoms with Crippen molar-refractivity contribution < 1.29 is 14.6 Å². The maximum absolute atomic E-state index is 12.1. The van der Waals surface area contributed by atoms with Crippen LogP contribution in [0.1, 0.15) is 59.1 Å². The van der Waals surface area contributed by atoms with Gasteiger partial charge in [-0.3, -0.25) is 0 Å². The van der Waals surface area contributed by atoms with E-state index in [0.717, 1.165) is 37.2 Å². The lowest BCUT2D eigenvalue weighted by Gasteiger charge is -2.36. The fraction of sp³-hybridized carbons (Fsp3) is 0.650. The second kappa shape index (κ2) is 8.09. The van der Waals surface area contributed by atoms with Crippen molar-refractivity contribution in [2.24, 2.45) is 5.92 Å². The molecule has 2 atom stereocenters. The van der Waals surface area contributed by atoms with Gasteiger partial charge in [0.15, 0.2) is 0 Å². The minimum absolute atomic E-state index is 0.212. The highest BCUT2D eigenvalue weighted by atomic mass is 16.6. The predicted octanol–water partition coefficient (Wildman–Crippen LogP) is 4.19. The zero-order chi connectivity index (χ0) is 18.6. The smallest absolute Gasteiger partial charge is 0.410 e. The summed E-state index contributed by atoms with van der Waals surface area (Å²) >= 11 is 0. The van der Waals surface area contributed by atoms with Crippen LogP contribution in [0.4, 0.5) is 10.5 Å². The molecule has 2 N–H and O–H groups in total. The zero-order valence-corrected chi connectivity index (χ0v) is 16.1. The van der Waals surface area contributed by atoms with Crippen LogP contribution in [0, 0.1) is 5.92 Å². The van der Waals surface area contributed by atoms with Gasteiger partial charge >= 0.3 is 6.09 Å². The molecule has 1 heterocycles. The van der Waals surface area contributed by atoms with Gasteiger partial charge in [-0.05, 0) is 71.1 Å². The van der Waals surface area contributed by atoms with Crippen LogP contribution in [0.5, 0.6) is 0 Å². The molecule has 0 radical (unpaired) electrons. The number of hydrogen-bond donors (Lipinski definition) is 2. The molecule has 140 valence electrons. The number of benzene rings is 1. The van der Waals surface area contributed by atoms with Gasteiger partial charge in [-0.15, -0.1) is 0 Å². The van der Waals surface area contributed by atoms with E-state index in [1.54, 1.807) is 6.92 Å². The number of piperidine rings is 1. The number of carbonyl (C=O) groups excluding carboxylic acids is 1. The van der Waals surface area contributed by atoms with Gasteiger partial charge in [-0.1, -0.05) is 12.1 Å². The van der Waals surface area contributed by atoms with Gasteiger partial charge in [0, 0.05) is 24.8 Å². The molecule has 1 aromatic carbocycles. The van der Waals surface area contributed by atoms with Gasteiger partial charge in [-0.25, -0.2) is 4.79 Å². The van der Waals surface area contributed by atoms with Gasteiger partial charge < -0.3 is 20.1 Å². The first kappa shape index (κ1) is 19.6. The molecule has 0 bridgehead atoms. The predicted molar refractivity (Wildman–Crippen MR) is 101 cm³/mol. The summed E-state index contributed by atoms with van der Waals surface area (Å²) in [6.07, 6.45) is 1.25. The number of ether oxygens (including phenoxy) is 1. The molecule has 0 spiro atoms. The number of nitrogens with zero attached hydrogens (tertiary/aromatic N) is 1. The summed E-state index contributed by atoms with van der Waals surface area (Å²) in [5.74, 6) is 0.508. The maximum Gasteiger partial charge on any atom is 0.410 e. The van der Waals surface area contributed by atoms with Crippen LogP contribution in [0.25, 0.3) is 0 Å². The number of aliphatic hydroxyl groups is 1. The Labute approximate surface area is 151 Å². The lowest BCUT2D eigenvalue weighted by molar-refractivity contribution is 0.0179. The average Bonchev–Trinajstić information content (AvgIpc) is 2.53. The fourth-order valence-electron chi connectivity index (χ4n) is 3.18. The number of anilines is 1. The first-order chi connectivity index (χ1) is 11.7. The second-order valence-corrected chi connectivity index (χ2v) is 8.04. The van der Waals surface area contributed by atoms with Crippen LogP contribution in [0.15, 0.2) is 24.3 Å². The Balaban J connectivity index is 1.86. The molecule has 1 saturated heterocycles. The molecule has 2 rings (SSSR count). The van der Waals surface area contributed by atoms with Crippen molar-refractivity contribution in [3.8, 4) is 0 Å². The number of rotatable bonds is 4. The Morgan fingerprint density at radius 2 is 1.92 bits per heavy atom. The largest absolute Gasteiger partial charge is 0.444 e. The second-order valence-electron chi connectivity index (χ2n) is 8.04. The zero-order valence-electron chi connectivity index (χ0n) is 16.1. The van der Waals surface area contributed by atoms with Crippen LogP contribution >= 0.6 is 0 Å². The third-order valence-electron chi connectivity index (χ3n) is 4.66. The van der Waals surface area contributed by atoms with E-state index in [4.69, 9.17) is 4.74 Å². The molecule has 1 amide bonds. The van der Waals surface area contributed by atoms with Crippen LogP contribution in [0.3, 0.4) is 0 Å². The minimum Gasteiger partial charge on any atom is -0.444 e. The van der Waals surface area contributed by atoms with Gasteiger partial charge in [0.05, 0.1) is 6.10 Å². The van der Waals surface area contributed by atoms with Crippen molar-refractivity contribution in [2.45, 2.75) is 65.2 Å². The van der Waals surface area contributed by atoms with Crippen molar-refractivity contribution >= 4 is 11.8 Å². The highest BCUT2D eigenvalue weighted by molar-refractivity contribution is 5.68. The minimum atomic E-state index is -0.464. The number of aliphatic hydroxyl groups excluding tert-OH is 1. The number of likely N-dealkylation sites (tertiary alicyclic amines) is 1. The Morgan fingerprint density at radius 1 is 1.28 bits per heavy atom. The van der Waals surface area contributed by atoms with E-state index in [9.17, 15) is 9.90 Å². The van der Waals surface area contributed by atoms with E-state index in [0.29, 0.717) is 12.0 Å². The van der Waals surface area contributed by atoms with E-state index in [-0.39, 0.29) is 6.09 Å². The highest BCUT2D eigenvalue weighted by Gasteiger charge is 2.29. The normalized spacial score (nSPS) is 18.6. The number of hydrogen-bond acceptors (Lipinski definition) is 4. The van der Waals surface area contributed by atoms with Gasteiger partial charge in [0.25, 0.3) is 0 Å². The van der Waals surface area contributed by atoms with E-state index < -0.39 is 11.7 Å². The Bertz CT molecular complexity index is 573. The number of nitrogens with one attached hydrogen (secondary N) is 1. The monoisotopic (exact) mass is 348 g/mol. The van der Waals surface area contributed by atoms with Crippen molar-refractivity contribution in [3.05, 3.63) is 29.8 Å². The molecule has 1 fully saturated rings. The van der Waals surface area contributed by atoms with Crippen LogP contribution in [-0.2, 0) is 4.74 Å². The number of carbonyl (C=O) groups is 1. The summed E-state index contributed by atoms with van der Waals surface area (Å²) in [6, 6.07) is 8.22. The van der Waals surface area contributed by atoms with E-state index in [1.165, 1.54) is 0 Å². The molecule has 1 aromatic rings. The van der Waals surface area contributed by atoms with Gasteiger partial charge in [0.1, 0.15) is 5.60 Å². The molecule has 0 aromatic heterocycles. The van der Waals surface area contributed by atoms with Crippen LogP contribution < -0.4 is 5.32 Å². The summed E-state index contributed by atoms with van der Waals surface area (Å²) in [5.41, 5.74) is 1.50. The summed E-state index contributed by atoms with van der Waals surface area (Å²) in [5, 5.41) is 13.3. The molecule has 1 aliphatic rings. The molecule has 25 heavy (non-hydrogen) atoms. The van der Waals surface area contributed by atoms with E-state index >= 15 is 0 Å². The third-order valence-corrected chi connectivity index (χ3v) is 4.66. The van der Waals surface area contributed by atoms with Gasteiger partial charge in [0.2, 0.25) is 0 Å². The van der Waals surface area contributed by atoms with Crippen molar-refractivity contribution in [2.75, 3.05) is 18.4 Å². The average molecular weight is 348 g/mol. The topological polar surface area (TPSA) is 61.8 Å². The summed E-state index contributed by atoms with van der Waals surface area (Å²) in [6.45, 7) is 11.1. The molecule has 5 heteroatoms. The first-order valence-corrected chi connectivity index (χ1v) is 9.18. The van der Waals surface area contributed by atoms with E-state index in [1.807, 2.05) is 49.9 Å². The van der Waals surface area contributed by atoms with Crippen molar-refractivity contribution in [1.82, 2.24) is 4.90 Å². The Morgan fingerprint density at radius 3 is 2.48 bits per heavy atom. The quantitative estimate of drug-likeness (QED) is 0.856. The standard InChI is InChI=1S/C20H32N2O3/c1-14(21-18-8-6-7-17(13-18)15(2)23)16-9-11-22(12-10-16)19(24)25-20(3,4)5/h6-8,13-16,21,23H,9-12H2,1-5H3. The summed E-state index contributed by atoms with van der Waals surface area (Å²) in [7, 11) is 0. The molecular weight excluding hydrogens is 316 g/mol. The number of amides is 1. The van der Waals surface area contributed by atoms with Crippen molar-refractivity contribution in [3.63, 3.8) is 0 Å².